The van der Waals surface area contributed by atoms with Crippen molar-refractivity contribution in [3.05, 3.63) is 102 Å². The molecule has 0 bridgehead atoms. The monoisotopic (exact) mass is 301 g/mol. The molecule has 23 heavy (non-hydrogen) atoms. The van der Waals surface area contributed by atoms with E-state index in [1.54, 1.807) is 0 Å². The van der Waals surface area contributed by atoms with Crippen molar-refractivity contribution in [2.75, 3.05) is 6.54 Å². The molecule has 0 fully saturated rings. The fourth-order valence-electron chi connectivity index (χ4n) is 2.82. The summed E-state index contributed by atoms with van der Waals surface area (Å²) < 4.78 is 0. The van der Waals surface area contributed by atoms with E-state index < -0.39 is 0 Å². The van der Waals surface area contributed by atoms with E-state index >= 15 is 0 Å². The summed E-state index contributed by atoms with van der Waals surface area (Å²) in [6, 6.07) is 21.2. The number of allylic oxidation sites excluding steroid dienone is 4. The Kier molecular flexibility index (Phi) is 5.47. The topological polar surface area (TPSA) is 3.24 Å². The molecule has 1 nitrogen and oxygen atoms in total. The lowest BCUT2D eigenvalue weighted by Crippen LogP contribution is -2.24. The maximum absolute atomic E-state index is 2.46. The zero-order chi connectivity index (χ0) is 15.7. The highest BCUT2D eigenvalue weighted by atomic mass is 15.1. The van der Waals surface area contributed by atoms with Crippen molar-refractivity contribution in [3.63, 3.8) is 0 Å². The van der Waals surface area contributed by atoms with Crippen molar-refractivity contribution < 1.29 is 0 Å². The second kappa shape index (κ2) is 8.19. The molecular weight excluding hydrogens is 278 g/mol. The Labute approximate surface area is 139 Å². The molecule has 0 aliphatic carbocycles. The van der Waals surface area contributed by atoms with Crippen LogP contribution in [-0.4, -0.2) is 11.4 Å². The van der Waals surface area contributed by atoms with Gasteiger partial charge in [0.05, 0.1) is 0 Å². The van der Waals surface area contributed by atoms with Gasteiger partial charge in [0.15, 0.2) is 0 Å². The van der Waals surface area contributed by atoms with Gasteiger partial charge < -0.3 is 4.90 Å². The average molecular weight is 301 g/mol. The molecule has 1 aliphatic heterocycles. The second-order valence-corrected chi connectivity index (χ2v) is 5.80. The summed E-state index contributed by atoms with van der Waals surface area (Å²) in [7, 11) is 0. The minimum atomic E-state index is 0.986. The largest absolute Gasteiger partial charge is 0.367 e. The van der Waals surface area contributed by atoms with Crippen molar-refractivity contribution in [2.45, 2.75) is 19.4 Å². The highest BCUT2D eigenvalue weighted by molar-refractivity contribution is 5.48. The molecule has 0 atom stereocenters. The smallest absolute Gasteiger partial charge is 0.0430 e. The van der Waals surface area contributed by atoms with E-state index in [-0.39, 0.29) is 0 Å². The maximum Gasteiger partial charge on any atom is 0.0430 e. The van der Waals surface area contributed by atoms with Gasteiger partial charge in [0.25, 0.3) is 0 Å². The van der Waals surface area contributed by atoms with E-state index in [0.29, 0.717) is 0 Å². The van der Waals surface area contributed by atoms with Gasteiger partial charge in [-0.25, -0.2) is 0 Å². The van der Waals surface area contributed by atoms with Crippen LogP contribution in [0, 0.1) is 0 Å². The normalized spacial score (nSPS) is 14.3. The van der Waals surface area contributed by atoms with Crippen molar-refractivity contribution in [1.82, 2.24) is 4.90 Å². The van der Waals surface area contributed by atoms with E-state index in [9.17, 15) is 0 Å². The van der Waals surface area contributed by atoms with Gasteiger partial charge in [-0.1, -0.05) is 85.0 Å². The van der Waals surface area contributed by atoms with E-state index in [4.69, 9.17) is 0 Å². The number of hydrogen-bond donors (Lipinski definition) is 0. The molecule has 2 aromatic carbocycles. The highest BCUT2D eigenvalue weighted by Gasteiger charge is 2.10. The van der Waals surface area contributed by atoms with Gasteiger partial charge in [0.2, 0.25) is 0 Å². The third kappa shape index (κ3) is 4.72. The summed E-state index contributed by atoms with van der Waals surface area (Å²) in [6.07, 6.45) is 13.3. The second-order valence-electron chi connectivity index (χ2n) is 5.80. The molecule has 116 valence electrons. The van der Waals surface area contributed by atoms with Crippen LogP contribution >= 0.6 is 0 Å². The highest BCUT2D eigenvalue weighted by Crippen LogP contribution is 2.19. The maximum atomic E-state index is 2.46. The fourth-order valence-corrected chi connectivity index (χ4v) is 2.82. The van der Waals surface area contributed by atoms with Gasteiger partial charge in [0, 0.05) is 18.8 Å². The van der Waals surface area contributed by atoms with Crippen LogP contribution in [0.3, 0.4) is 0 Å². The molecule has 0 amide bonds. The Bertz CT molecular complexity index is 680. The molecule has 3 rings (SSSR count). The van der Waals surface area contributed by atoms with Crippen LogP contribution in [0.25, 0.3) is 6.08 Å². The van der Waals surface area contributed by atoms with Crippen LogP contribution < -0.4 is 0 Å². The van der Waals surface area contributed by atoms with Gasteiger partial charge in [-0.15, -0.1) is 0 Å². The number of benzene rings is 2. The van der Waals surface area contributed by atoms with Crippen molar-refractivity contribution >= 4 is 6.08 Å². The Morgan fingerprint density at radius 1 is 0.913 bits per heavy atom. The summed E-state index contributed by atoms with van der Waals surface area (Å²) in [4.78, 5) is 2.46. The molecule has 0 spiro atoms. The number of rotatable bonds is 6. The zero-order valence-corrected chi connectivity index (χ0v) is 13.4. The number of hydrogen-bond acceptors (Lipinski definition) is 1. The predicted molar refractivity (Wildman–Crippen MR) is 98.8 cm³/mol. The van der Waals surface area contributed by atoms with Crippen LogP contribution in [-0.2, 0) is 6.54 Å². The van der Waals surface area contributed by atoms with E-state index in [2.05, 4.69) is 95.9 Å². The Morgan fingerprint density at radius 3 is 2.43 bits per heavy atom. The standard InChI is InChI=1S/C22H23N/c1-3-11-20(12-4-1)13-7-8-16-22-17-9-10-18-23(22)19-21-14-5-2-6-15-21/h1-7,9-15,17H,8,16,18-19H2/b13-7+. The molecule has 0 saturated carbocycles. The Balaban J connectivity index is 1.56. The first-order valence-corrected chi connectivity index (χ1v) is 8.28. The molecule has 1 heteroatoms. The van der Waals surface area contributed by atoms with Crippen LogP contribution in [0.5, 0.6) is 0 Å². The van der Waals surface area contributed by atoms with Crippen LogP contribution in [0.2, 0.25) is 0 Å². The van der Waals surface area contributed by atoms with Gasteiger partial charge >= 0.3 is 0 Å². The van der Waals surface area contributed by atoms with Crippen molar-refractivity contribution in [3.8, 4) is 0 Å². The van der Waals surface area contributed by atoms with Crippen molar-refractivity contribution in [1.29, 1.82) is 0 Å². The van der Waals surface area contributed by atoms with Crippen LogP contribution in [0.15, 0.2) is 90.7 Å². The Morgan fingerprint density at radius 2 is 1.65 bits per heavy atom. The minimum Gasteiger partial charge on any atom is -0.367 e. The molecule has 1 heterocycles. The molecule has 1 aliphatic rings. The first-order chi connectivity index (χ1) is 11.4. The fraction of sp³-hybridized carbons (Fsp3) is 0.182. The zero-order valence-electron chi connectivity index (χ0n) is 13.4. The lowest BCUT2D eigenvalue weighted by molar-refractivity contribution is 0.355. The third-order valence-electron chi connectivity index (χ3n) is 4.05. The molecule has 0 saturated heterocycles. The SMILES string of the molecule is C1=CCN(Cc2ccccc2)C(CC/C=C/c2ccccc2)=C1. The van der Waals surface area contributed by atoms with Crippen molar-refractivity contribution in [2.24, 2.45) is 0 Å². The quantitative estimate of drug-likeness (QED) is 0.687. The minimum absolute atomic E-state index is 0.986. The molecule has 0 radical (unpaired) electrons. The summed E-state index contributed by atoms with van der Waals surface area (Å²) in [5.74, 6) is 0. The summed E-state index contributed by atoms with van der Waals surface area (Å²) in [5.41, 5.74) is 4.06. The van der Waals surface area contributed by atoms with Gasteiger partial charge in [-0.05, 0) is 30.0 Å². The van der Waals surface area contributed by atoms with E-state index in [1.807, 2.05) is 0 Å². The van der Waals surface area contributed by atoms with Gasteiger partial charge in [-0.3, -0.25) is 0 Å². The summed E-state index contributed by atoms with van der Waals surface area (Å²) in [6.45, 7) is 1.99. The molecule has 0 N–H and O–H groups in total. The van der Waals surface area contributed by atoms with Gasteiger partial charge in [0.1, 0.15) is 0 Å². The summed E-state index contributed by atoms with van der Waals surface area (Å²) >= 11 is 0. The lowest BCUT2D eigenvalue weighted by atomic mass is 10.1. The van der Waals surface area contributed by atoms with E-state index in [1.165, 1.54) is 16.8 Å². The molecule has 0 unspecified atom stereocenters. The lowest BCUT2D eigenvalue weighted by Gasteiger charge is -2.28. The first-order valence-electron chi connectivity index (χ1n) is 8.28. The number of nitrogens with zero attached hydrogens (tertiary/aromatic N) is 1. The Hall–Kier alpha value is -2.54. The average Bonchev–Trinajstić information content (AvgIpc) is 2.62. The molecular formula is C22H23N. The van der Waals surface area contributed by atoms with Crippen LogP contribution in [0.4, 0.5) is 0 Å². The predicted octanol–water partition coefficient (Wildman–Crippen LogP) is 5.44. The molecule has 2 aromatic rings. The van der Waals surface area contributed by atoms with Gasteiger partial charge in [-0.2, -0.15) is 0 Å². The van der Waals surface area contributed by atoms with E-state index in [0.717, 1.165) is 25.9 Å². The summed E-state index contributed by atoms with van der Waals surface area (Å²) in [5, 5.41) is 0. The first kappa shape index (κ1) is 15.4. The molecule has 0 aromatic heterocycles. The third-order valence-corrected chi connectivity index (χ3v) is 4.05. The van der Waals surface area contributed by atoms with Crippen LogP contribution in [0.1, 0.15) is 24.0 Å².